The Morgan fingerprint density at radius 3 is 2.93 bits per heavy atom. The fourth-order valence-corrected chi connectivity index (χ4v) is 3.91. The number of rotatable bonds is 0. The molecule has 2 heterocycles. The zero-order chi connectivity index (χ0) is 9.76. The second kappa shape index (κ2) is 2.72. The summed E-state index contributed by atoms with van der Waals surface area (Å²) >= 11 is 0. The SMILES string of the molecule is CC(=O)N1CC2CCC[C@]23CCCN13. The summed E-state index contributed by atoms with van der Waals surface area (Å²) in [4.78, 5) is 11.5. The second-order valence-electron chi connectivity index (χ2n) is 5.02. The lowest BCUT2D eigenvalue weighted by molar-refractivity contribution is -0.144. The molecule has 3 heteroatoms. The number of amides is 1. The fraction of sp³-hybridized carbons (Fsp3) is 0.909. The van der Waals surface area contributed by atoms with E-state index < -0.39 is 0 Å². The first kappa shape index (κ1) is 8.72. The van der Waals surface area contributed by atoms with E-state index in [4.69, 9.17) is 0 Å². The van der Waals surface area contributed by atoms with Crippen molar-refractivity contribution in [2.24, 2.45) is 5.92 Å². The van der Waals surface area contributed by atoms with Crippen LogP contribution >= 0.6 is 0 Å². The van der Waals surface area contributed by atoms with Crippen molar-refractivity contribution in [3.8, 4) is 0 Å². The van der Waals surface area contributed by atoms with Crippen molar-refractivity contribution in [2.45, 2.75) is 44.6 Å². The van der Waals surface area contributed by atoms with E-state index in [1.165, 1.54) is 32.1 Å². The van der Waals surface area contributed by atoms with E-state index in [-0.39, 0.29) is 5.91 Å². The summed E-state index contributed by atoms with van der Waals surface area (Å²) in [6.07, 6.45) is 6.62. The molecule has 78 valence electrons. The molecule has 1 unspecified atom stereocenters. The molecule has 3 rings (SSSR count). The lowest BCUT2D eigenvalue weighted by Gasteiger charge is -2.34. The summed E-state index contributed by atoms with van der Waals surface area (Å²) in [5, 5.41) is 4.41. The summed E-state index contributed by atoms with van der Waals surface area (Å²) in [7, 11) is 0. The van der Waals surface area contributed by atoms with E-state index in [9.17, 15) is 4.79 Å². The Morgan fingerprint density at radius 2 is 2.14 bits per heavy atom. The minimum atomic E-state index is 0.237. The van der Waals surface area contributed by atoms with Crippen LogP contribution in [0.4, 0.5) is 0 Å². The average Bonchev–Trinajstić information content (AvgIpc) is 2.72. The third kappa shape index (κ3) is 0.888. The topological polar surface area (TPSA) is 23.6 Å². The van der Waals surface area contributed by atoms with Crippen LogP contribution in [0.1, 0.15) is 39.0 Å². The summed E-state index contributed by atoms with van der Waals surface area (Å²) in [6, 6.07) is 0. The van der Waals surface area contributed by atoms with Gasteiger partial charge in [-0.15, -0.1) is 0 Å². The Balaban J connectivity index is 1.95. The maximum atomic E-state index is 11.5. The molecule has 14 heavy (non-hydrogen) atoms. The van der Waals surface area contributed by atoms with E-state index >= 15 is 0 Å². The Kier molecular flexibility index (Phi) is 1.69. The minimum absolute atomic E-state index is 0.237. The molecule has 0 aromatic rings. The quantitative estimate of drug-likeness (QED) is 0.582. The van der Waals surface area contributed by atoms with E-state index in [0.717, 1.165) is 19.0 Å². The van der Waals surface area contributed by atoms with Gasteiger partial charge in [-0.05, 0) is 31.6 Å². The first-order valence-corrected chi connectivity index (χ1v) is 5.80. The number of hydrogen-bond acceptors (Lipinski definition) is 2. The second-order valence-corrected chi connectivity index (χ2v) is 5.02. The Hall–Kier alpha value is -0.570. The van der Waals surface area contributed by atoms with Crippen molar-refractivity contribution in [1.82, 2.24) is 10.0 Å². The molecular weight excluding hydrogens is 176 g/mol. The van der Waals surface area contributed by atoms with Gasteiger partial charge in [-0.2, -0.15) is 0 Å². The average molecular weight is 194 g/mol. The van der Waals surface area contributed by atoms with Gasteiger partial charge in [-0.3, -0.25) is 9.80 Å². The van der Waals surface area contributed by atoms with Crippen molar-refractivity contribution in [1.29, 1.82) is 0 Å². The molecule has 3 nitrogen and oxygen atoms in total. The van der Waals surface area contributed by atoms with Gasteiger partial charge in [0.15, 0.2) is 0 Å². The molecule has 1 amide bonds. The molecular formula is C11H18N2O. The van der Waals surface area contributed by atoms with Gasteiger partial charge in [0.25, 0.3) is 0 Å². The number of hydrogen-bond donors (Lipinski definition) is 0. The highest BCUT2D eigenvalue weighted by Gasteiger charge is 2.57. The standard InChI is InChI=1S/C11H18N2O/c1-9(14)12-8-10-4-2-5-11(10)6-3-7-13(11)12/h10H,2-8H2,1H3/t10?,11-/m0/s1. The van der Waals surface area contributed by atoms with Crippen LogP contribution in [-0.4, -0.2) is 34.6 Å². The number of carbonyl (C=O) groups excluding carboxylic acids is 1. The van der Waals surface area contributed by atoms with Crippen molar-refractivity contribution in [2.75, 3.05) is 13.1 Å². The number of hydrazine groups is 1. The predicted octanol–water partition coefficient (Wildman–Crippen LogP) is 1.40. The fourth-order valence-electron chi connectivity index (χ4n) is 3.91. The van der Waals surface area contributed by atoms with Crippen LogP contribution in [0.15, 0.2) is 0 Å². The van der Waals surface area contributed by atoms with Crippen molar-refractivity contribution in [3.05, 3.63) is 0 Å². The van der Waals surface area contributed by atoms with Gasteiger partial charge in [0.1, 0.15) is 0 Å². The van der Waals surface area contributed by atoms with Crippen LogP contribution in [0.25, 0.3) is 0 Å². The monoisotopic (exact) mass is 194 g/mol. The van der Waals surface area contributed by atoms with E-state index in [0.29, 0.717) is 5.54 Å². The van der Waals surface area contributed by atoms with Crippen molar-refractivity contribution < 1.29 is 4.79 Å². The third-order valence-corrected chi connectivity index (χ3v) is 4.46. The largest absolute Gasteiger partial charge is 0.275 e. The molecule has 0 N–H and O–H groups in total. The van der Waals surface area contributed by atoms with Crippen molar-refractivity contribution in [3.63, 3.8) is 0 Å². The first-order chi connectivity index (χ1) is 6.74. The summed E-state index contributed by atoms with van der Waals surface area (Å²) < 4.78 is 0. The highest BCUT2D eigenvalue weighted by molar-refractivity contribution is 5.73. The first-order valence-electron chi connectivity index (χ1n) is 5.80. The van der Waals surface area contributed by atoms with Gasteiger partial charge >= 0.3 is 0 Å². The molecule has 1 saturated carbocycles. The molecule has 0 radical (unpaired) electrons. The lowest BCUT2D eigenvalue weighted by atomic mass is 9.87. The molecule has 0 aromatic heterocycles. The molecule has 3 fully saturated rings. The molecule has 0 bridgehead atoms. The van der Waals surface area contributed by atoms with E-state index in [1.54, 1.807) is 6.92 Å². The summed E-state index contributed by atoms with van der Waals surface area (Å²) in [6.45, 7) is 3.80. The third-order valence-electron chi connectivity index (χ3n) is 4.46. The minimum Gasteiger partial charge on any atom is -0.275 e. The summed E-state index contributed by atoms with van der Waals surface area (Å²) in [5.74, 6) is 1.01. The number of nitrogens with zero attached hydrogens (tertiary/aromatic N) is 2. The number of carbonyl (C=O) groups is 1. The highest BCUT2D eigenvalue weighted by atomic mass is 16.2. The zero-order valence-electron chi connectivity index (χ0n) is 8.83. The van der Waals surface area contributed by atoms with Crippen LogP contribution in [0, 0.1) is 5.92 Å². The van der Waals surface area contributed by atoms with Crippen molar-refractivity contribution >= 4 is 5.91 Å². The predicted molar refractivity (Wildman–Crippen MR) is 53.4 cm³/mol. The summed E-state index contributed by atoms with van der Waals surface area (Å²) in [5.41, 5.74) is 0.408. The van der Waals surface area contributed by atoms with Crippen LogP contribution in [0.2, 0.25) is 0 Å². The molecule has 2 atom stereocenters. The zero-order valence-corrected chi connectivity index (χ0v) is 8.83. The maximum absolute atomic E-state index is 11.5. The van der Waals surface area contributed by atoms with Crippen LogP contribution in [-0.2, 0) is 4.79 Å². The normalized spacial score (nSPS) is 41.5. The Morgan fingerprint density at radius 1 is 1.36 bits per heavy atom. The van der Waals surface area contributed by atoms with Gasteiger partial charge < -0.3 is 0 Å². The highest BCUT2D eigenvalue weighted by Crippen LogP contribution is 2.52. The molecule has 3 aliphatic rings. The molecule has 1 aliphatic carbocycles. The molecule has 2 aliphatic heterocycles. The smallest absolute Gasteiger partial charge is 0.233 e. The van der Waals surface area contributed by atoms with Crippen LogP contribution < -0.4 is 0 Å². The Labute approximate surface area is 85.0 Å². The van der Waals surface area contributed by atoms with Gasteiger partial charge in [0.2, 0.25) is 5.91 Å². The Bertz CT molecular complexity index is 274. The van der Waals surface area contributed by atoms with Gasteiger partial charge in [0, 0.05) is 25.6 Å². The van der Waals surface area contributed by atoms with Gasteiger partial charge in [-0.25, -0.2) is 5.01 Å². The van der Waals surface area contributed by atoms with E-state index in [2.05, 4.69) is 5.01 Å². The van der Waals surface area contributed by atoms with Crippen LogP contribution in [0.5, 0.6) is 0 Å². The molecule has 1 spiro atoms. The van der Waals surface area contributed by atoms with Gasteiger partial charge in [-0.1, -0.05) is 6.42 Å². The van der Waals surface area contributed by atoms with Crippen LogP contribution in [0.3, 0.4) is 0 Å². The van der Waals surface area contributed by atoms with E-state index in [1.807, 2.05) is 5.01 Å². The molecule has 2 saturated heterocycles. The van der Waals surface area contributed by atoms with Gasteiger partial charge in [0.05, 0.1) is 0 Å². The molecule has 0 aromatic carbocycles. The maximum Gasteiger partial charge on any atom is 0.233 e. The lowest BCUT2D eigenvalue weighted by Crippen LogP contribution is -2.47.